The maximum absolute atomic E-state index is 13.1. The minimum Gasteiger partial charge on any atom is -0.368 e. The molecule has 5 rings (SSSR count). The van der Waals surface area contributed by atoms with Gasteiger partial charge in [0, 0.05) is 66.1 Å². The number of rotatable bonds is 5. The van der Waals surface area contributed by atoms with Gasteiger partial charge in [-0.2, -0.15) is 0 Å². The third kappa shape index (κ3) is 4.36. The number of amides is 1. The predicted octanol–water partition coefficient (Wildman–Crippen LogP) is 5.14. The van der Waals surface area contributed by atoms with Crippen molar-refractivity contribution < 1.29 is 9.18 Å². The summed E-state index contributed by atoms with van der Waals surface area (Å²) in [5.41, 5.74) is 4.01. The van der Waals surface area contributed by atoms with E-state index in [4.69, 9.17) is 16.6 Å². The van der Waals surface area contributed by atoms with Gasteiger partial charge in [-0.1, -0.05) is 23.7 Å². The summed E-state index contributed by atoms with van der Waals surface area (Å²) >= 11 is 7.57. The van der Waals surface area contributed by atoms with Crippen LogP contribution < -0.4 is 4.90 Å². The van der Waals surface area contributed by atoms with Crippen LogP contribution in [0, 0.1) is 5.82 Å². The molecule has 3 heterocycles. The Morgan fingerprint density at radius 2 is 1.75 bits per heavy atom. The first-order valence-electron chi connectivity index (χ1n) is 10.6. The van der Waals surface area contributed by atoms with E-state index in [1.165, 1.54) is 12.1 Å². The number of thiazole rings is 1. The number of carbonyl (C=O) groups excluding carboxylic acids is 1. The zero-order chi connectivity index (χ0) is 22.1. The first kappa shape index (κ1) is 21.0. The monoisotopic (exact) mass is 468 g/mol. The highest BCUT2D eigenvalue weighted by molar-refractivity contribution is 7.15. The fraction of sp³-hybridized carbons (Fsp3) is 0.250. The summed E-state index contributed by atoms with van der Waals surface area (Å²) in [6.07, 6.45) is 3.17. The predicted molar refractivity (Wildman–Crippen MR) is 127 cm³/mol. The van der Waals surface area contributed by atoms with E-state index in [9.17, 15) is 9.18 Å². The lowest BCUT2D eigenvalue weighted by Gasteiger charge is -2.36. The van der Waals surface area contributed by atoms with Crippen molar-refractivity contribution in [1.82, 2.24) is 14.3 Å². The van der Waals surface area contributed by atoms with Gasteiger partial charge in [0.25, 0.3) is 0 Å². The molecule has 1 amide bonds. The van der Waals surface area contributed by atoms with Gasteiger partial charge in [0.2, 0.25) is 5.91 Å². The van der Waals surface area contributed by atoms with Crippen LogP contribution in [-0.2, 0) is 11.2 Å². The van der Waals surface area contributed by atoms with Gasteiger partial charge in [0.05, 0.1) is 5.69 Å². The summed E-state index contributed by atoms with van der Waals surface area (Å²) in [6.45, 7) is 2.88. The summed E-state index contributed by atoms with van der Waals surface area (Å²) in [5.74, 6) is -0.0653. The quantitative estimate of drug-likeness (QED) is 0.407. The van der Waals surface area contributed by atoms with E-state index >= 15 is 0 Å². The molecule has 0 aliphatic carbocycles. The van der Waals surface area contributed by atoms with E-state index in [1.54, 1.807) is 23.5 Å². The second-order valence-electron chi connectivity index (χ2n) is 7.86. The Labute approximate surface area is 194 Å². The molecule has 8 heteroatoms. The summed E-state index contributed by atoms with van der Waals surface area (Å²) in [5, 5.41) is 2.78. The van der Waals surface area contributed by atoms with Crippen molar-refractivity contribution in [2.24, 2.45) is 0 Å². The normalized spacial score (nSPS) is 14.3. The van der Waals surface area contributed by atoms with Gasteiger partial charge in [-0.05, 0) is 42.8 Å². The largest absolute Gasteiger partial charge is 0.368 e. The average molecular weight is 469 g/mol. The van der Waals surface area contributed by atoms with E-state index in [0.29, 0.717) is 31.0 Å². The van der Waals surface area contributed by atoms with Crippen molar-refractivity contribution in [2.45, 2.75) is 12.8 Å². The third-order valence-electron chi connectivity index (χ3n) is 5.84. The van der Waals surface area contributed by atoms with Gasteiger partial charge in [-0.25, -0.2) is 9.37 Å². The van der Waals surface area contributed by atoms with Gasteiger partial charge in [0.15, 0.2) is 4.96 Å². The number of halogens is 2. The van der Waals surface area contributed by atoms with Gasteiger partial charge in [0.1, 0.15) is 5.82 Å². The molecule has 1 saturated heterocycles. The number of nitrogens with zero attached hydrogens (tertiary/aromatic N) is 4. The highest BCUT2D eigenvalue weighted by Crippen LogP contribution is 2.25. The number of fused-ring (bicyclic) bond motifs is 1. The second-order valence-corrected chi connectivity index (χ2v) is 9.13. The lowest BCUT2D eigenvalue weighted by atomic mass is 10.2. The Hall–Kier alpha value is -2.90. The van der Waals surface area contributed by atoms with Gasteiger partial charge in [-0.15, -0.1) is 11.3 Å². The van der Waals surface area contributed by atoms with Crippen LogP contribution >= 0.6 is 22.9 Å². The van der Waals surface area contributed by atoms with Crippen molar-refractivity contribution in [3.8, 4) is 11.3 Å². The standard InChI is InChI=1S/C24H22ClFN4OS/c25-18-3-1-17(2-4-18)22-15-30-21(16-32-24(30)27-22)9-10-23(31)29-13-11-28(12-14-29)20-7-5-19(26)6-8-20/h1-8,15-16H,9-14H2. The first-order valence-corrected chi connectivity index (χ1v) is 11.8. The maximum atomic E-state index is 13.1. The van der Waals surface area contributed by atoms with E-state index in [2.05, 4.69) is 14.7 Å². The topological polar surface area (TPSA) is 40.9 Å². The molecule has 4 aromatic rings. The van der Waals surface area contributed by atoms with Crippen LogP contribution in [-0.4, -0.2) is 46.4 Å². The van der Waals surface area contributed by atoms with Crippen LogP contribution in [0.4, 0.5) is 10.1 Å². The molecule has 1 aliphatic rings. The number of imidazole rings is 1. The number of piperazine rings is 1. The van der Waals surface area contributed by atoms with E-state index in [1.807, 2.05) is 35.4 Å². The van der Waals surface area contributed by atoms with E-state index in [-0.39, 0.29) is 11.7 Å². The first-order chi connectivity index (χ1) is 15.6. The van der Waals surface area contributed by atoms with Crippen molar-refractivity contribution in [1.29, 1.82) is 0 Å². The van der Waals surface area contributed by atoms with Crippen LogP contribution in [0.1, 0.15) is 12.1 Å². The molecule has 1 fully saturated rings. The zero-order valence-corrected chi connectivity index (χ0v) is 18.9. The fourth-order valence-electron chi connectivity index (χ4n) is 4.03. The van der Waals surface area contributed by atoms with Crippen LogP contribution in [0.15, 0.2) is 60.1 Å². The van der Waals surface area contributed by atoms with Crippen LogP contribution in [0.5, 0.6) is 0 Å². The molecule has 1 aliphatic heterocycles. The lowest BCUT2D eigenvalue weighted by Crippen LogP contribution is -2.48. The number of aryl methyl sites for hydroxylation is 1. The zero-order valence-electron chi connectivity index (χ0n) is 17.4. The molecule has 164 valence electrons. The molecule has 0 bridgehead atoms. The Balaban J connectivity index is 1.19. The summed E-state index contributed by atoms with van der Waals surface area (Å²) in [6, 6.07) is 14.2. The molecule has 0 spiro atoms. The molecule has 2 aromatic heterocycles. The minimum atomic E-state index is -0.233. The summed E-state index contributed by atoms with van der Waals surface area (Å²) in [7, 11) is 0. The van der Waals surface area contributed by atoms with Crippen molar-refractivity contribution >= 4 is 39.5 Å². The number of hydrogen-bond donors (Lipinski definition) is 0. The molecular weight excluding hydrogens is 447 g/mol. The SMILES string of the molecule is O=C(CCc1csc2nc(-c3ccc(Cl)cc3)cn12)N1CCN(c2ccc(F)cc2)CC1. The Morgan fingerprint density at radius 3 is 2.47 bits per heavy atom. The molecule has 0 saturated carbocycles. The van der Waals surface area contributed by atoms with Gasteiger partial charge >= 0.3 is 0 Å². The highest BCUT2D eigenvalue weighted by atomic mass is 35.5. The van der Waals surface area contributed by atoms with Crippen molar-refractivity contribution in [3.05, 3.63) is 76.6 Å². The molecule has 5 nitrogen and oxygen atoms in total. The Morgan fingerprint density at radius 1 is 1.03 bits per heavy atom. The molecule has 0 radical (unpaired) electrons. The van der Waals surface area contributed by atoms with E-state index < -0.39 is 0 Å². The summed E-state index contributed by atoms with van der Waals surface area (Å²) in [4.78, 5) is 22.5. The van der Waals surface area contributed by atoms with Crippen LogP contribution in [0.3, 0.4) is 0 Å². The van der Waals surface area contributed by atoms with Crippen LogP contribution in [0.2, 0.25) is 5.02 Å². The number of aromatic nitrogens is 2. The van der Waals surface area contributed by atoms with E-state index in [0.717, 1.165) is 40.7 Å². The number of hydrogen-bond acceptors (Lipinski definition) is 4. The lowest BCUT2D eigenvalue weighted by molar-refractivity contribution is -0.131. The second kappa shape index (κ2) is 8.92. The van der Waals surface area contributed by atoms with Crippen LogP contribution in [0.25, 0.3) is 16.2 Å². The average Bonchev–Trinajstić information content (AvgIpc) is 3.40. The third-order valence-corrected chi connectivity index (χ3v) is 6.98. The van der Waals surface area contributed by atoms with Crippen molar-refractivity contribution in [3.63, 3.8) is 0 Å². The maximum Gasteiger partial charge on any atom is 0.223 e. The van der Waals surface area contributed by atoms with Gasteiger partial charge < -0.3 is 9.80 Å². The molecule has 32 heavy (non-hydrogen) atoms. The Bertz CT molecular complexity index is 1230. The molecule has 0 N–H and O–H groups in total. The summed E-state index contributed by atoms with van der Waals surface area (Å²) < 4.78 is 15.2. The number of benzene rings is 2. The molecule has 2 aromatic carbocycles. The van der Waals surface area contributed by atoms with Crippen molar-refractivity contribution in [2.75, 3.05) is 31.1 Å². The number of carbonyl (C=O) groups is 1. The minimum absolute atomic E-state index is 0.168. The Kier molecular flexibility index (Phi) is 5.85. The highest BCUT2D eigenvalue weighted by Gasteiger charge is 2.21. The molecule has 0 unspecified atom stereocenters. The number of anilines is 1. The molecular formula is C24H22ClFN4OS. The molecule has 0 atom stereocenters. The smallest absolute Gasteiger partial charge is 0.223 e. The fourth-order valence-corrected chi connectivity index (χ4v) is 5.06. The van der Waals surface area contributed by atoms with Gasteiger partial charge in [-0.3, -0.25) is 9.20 Å².